The minimum Gasteiger partial charge on any atom is -0.437 e. The Morgan fingerprint density at radius 1 is 0.889 bits per heavy atom. The van der Waals surface area contributed by atoms with Crippen LogP contribution in [-0.4, -0.2) is 45.0 Å². The van der Waals surface area contributed by atoms with E-state index in [1.165, 1.54) is 42.0 Å². The van der Waals surface area contributed by atoms with Gasteiger partial charge in [0.05, 0.1) is 17.6 Å². The number of nitrogens with one attached hydrogen (secondary N) is 2. The SMILES string of the molecule is COC(=O)Oc1ccc(C(=O)NS(=O)(=O)c2cccc(C(=O)NCCCCc3ccccc3)c2)cn1. The summed E-state index contributed by atoms with van der Waals surface area (Å²) >= 11 is 0. The van der Waals surface area contributed by atoms with Gasteiger partial charge in [-0.25, -0.2) is 22.9 Å². The predicted octanol–water partition coefficient (Wildman–Crippen LogP) is 3.10. The molecule has 3 rings (SSSR count). The fourth-order valence-corrected chi connectivity index (χ4v) is 4.17. The molecule has 11 heteroatoms. The average Bonchev–Trinajstić information content (AvgIpc) is 2.89. The zero-order valence-corrected chi connectivity index (χ0v) is 20.3. The monoisotopic (exact) mass is 511 g/mol. The lowest BCUT2D eigenvalue weighted by Gasteiger charge is -2.09. The van der Waals surface area contributed by atoms with Crippen LogP contribution in [-0.2, 0) is 21.2 Å². The first-order chi connectivity index (χ1) is 17.3. The number of carbonyl (C=O) groups is 3. The third-order valence-electron chi connectivity index (χ3n) is 5.01. The van der Waals surface area contributed by atoms with Crippen molar-refractivity contribution in [2.75, 3.05) is 13.7 Å². The summed E-state index contributed by atoms with van der Waals surface area (Å²) in [5.41, 5.74) is 1.30. The molecule has 1 aromatic heterocycles. The van der Waals surface area contributed by atoms with Crippen molar-refractivity contribution in [1.82, 2.24) is 15.0 Å². The smallest absolute Gasteiger partial charge is 0.437 e. The van der Waals surface area contributed by atoms with Crippen molar-refractivity contribution in [2.24, 2.45) is 0 Å². The standard InChI is InChI=1S/C25H25N3O7S/c1-34-25(31)35-22-14-13-20(17-27-22)24(30)28-36(32,33)21-12-7-11-19(16-21)23(29)26-15-6-5-10-18-8-3-2-4-9-18/h2-4,7-9,11-14,16-17H,5-6,10,15H2,1H3,(H,26,29)(H,28,30). The van der Waals surface area contributed by atoms with Gasteiger partial charge >= 0.3 is 6.16 Å². The van der Waals surface area contributed by atoms with E-state index < -0.39 is 28.0 Å². The highest BCUT2D eigenvalue weighted by molar-refractivity contribution is 7.90. The molecule has 0 radical (unpaired) electrons. The number of carbonyl (C=O) groups excluding carboxylic acids is 3. The second-order valence-electron chi connectivity index (χ2n) is 7.60. The highest BCUT2D eigenvalue weighted by Crippen LogP contribution is 2.14. The van der Waals surface area contributed by atoms with Crippen molar-refractivity contribution in [2.45, 2.75) is 24.2 Å². The number of amides is 2. The van der Waals surface area contributed by atoms with Gasteiger partial charge in [-0.3, -0.25) is 9.59 Å². The molecule has 0 aliphatic heterocycles. The minimum absolute atomic E-state index is 0.0832. The molecule has 0 fully saturated rings. The number of rotatable bonds is 10. The van der Waals surface area contributed by atoms with Crippen LogP contribution in [0.15, 0.2) is 77.8 Å². The molecular formula is C25H25N3O7S. The molecular weight excluding hydrogens is 486 g/mol. The molecule has 0 saturated carbocycles. The van der Waals surface area contributed by atoms with Crippen molar-refractivity contribution in [1.29, 1.82) is 0 Å². The molecule has 3 aromatic rings. The van der Waals surface area contributed by atoms with Gasteiger partial charge in [0.1, 0.15) is 0 Å². The molecule has 0 atom stereocenters. The van der Waals surface area contributed by atoms with Crippen LogP contribution in [0.3, 0.4) is 0 Å². The number of aromatic nitrogens is 1. The van der Waals surface area contributed by atoms with Crippen LogP contribution in [0.1, 0.15) is 39.1 Å². The van der Waals surface area contributed by atoms with Gasteiger partial charge in [0.15, 0.2) is 0 Å². The van der Waals surface area contributed by atoms with E-state index in [9.17, 15) is 22.8 Å². The summed E-state index contributed by atoms with van der Waals surface area (Å²) in [4.78, 5) is 39.5. The maximum absolute atomic E-state index is 12.7. The lowest BCUT2D eigenvalue weighted by molar-refractivity contribution is 0.0950. The summed E-state index contributed by atoms with van der Waals surface area (Å²) in [5, 5.41) is 2.78. The van der Waals surface area contributed by atoms with E-state index >= 15 is 0 Å². The number of methoxy groups -OCH3 is 1. The number of hydrogen-bond donors (Lipinski definition) is 2. The van der Waals surface area contributed by atoms with Crippen LogP contribution in [0.5, 0.6) is 5.88 Å². The van der Waals surface area contributed by atoms with Gasteiger partial charge in [-0.15, -0.1) is 0 Å². The van der Waals surface area contributed by atoms with Crippen molar-refractivity contribution in [3.8, 4) is 5.88 Å². The van der Waals surface area contributed by atoms with E-state index in [1.807, 2.05) is 22.9 Å². The molecule has 0 spiro atoms. The third-order valence-corrected chi connectivity index (χ3v) is 6.34. The number of unbranched alkanes of at least 4 members (excludes halogenated alkanes) is 1. The molecule has 2 aromatic carbocycles. The van der Waals surface area contributed by atoms with Gasteiger partial charge in [-0.2, -0.15) is 0 Å². The van der Waals surface area contributed by atoms with E-state index in [0.717, 1.165) is 32.6 Å². The Balaban J connectivity index is 1.55. The first-order valence-corrected chi connectivity index (χ1v) is 12.5. The van der Waals surface area contributed by atoms with Crippen LogP contribution < -0.4 is 14.8 Å². The summed E-state index contributed by atoms with van der Waals surface area (Å²) < 4.78 is 36.4. The molecule has 1 heterocycles. The fraction of sp³-hybridized carbons (Fsp3) is 0.200. The number of aryl methyl sites for hydroxylation is 1. The Morgan fingerprint density at radius 2 is 1.67 bits per heavy atom. The molecule has 0 aliphatic rings. The van der Waals surface area contributed by atoms with Crippen molar-refractivity contribution < 1.29 is 32.3 Å². The van der Waals surface area contributed by atoms with Gasteiger partial charge in [0.25, 0.3) is 21.8 Å². The number of sulfonamides is 1. The zero-order chi connectivity index (χ0) is 26.0. The number of benzene rings is 2. The minimum atomic E-state index is -4.27. The van der Waals surface area contributed by atoms with Crippen LogP contribution in [0.25, 0.3) is 0 Å². The van der Waals surface area contributed by atoms with E-state index in [4.69, 9.17) is 4.74 Å². The Hall–Kier alpha value is -4.25. The molecule has 0 saturated heterocycles. The van der Waals surface area contributed by atoms with Crippen LogP contribution in [0.4, 0.5) is 4.79 Å². The Kier molecular flexibility index (Phi) is 9.12. The molecule has 10 nitrogen and oxygen atoms in total. The molecule has 2 N–H and O–H groups in total. The van der Waals surface area contributed by atoms with Crippen LogP contribution in [0.2, 0.25) is 0 Å². The first kappa shape index (κ1) is 26.4. The zero-order valence-electron chi connectivity index (χ0n) is 19.5. The van der Waals surface area contributed by atoms with Gasteiger partial charge in [-0.1, -0.05) is 36.4 Å². The molecule has 0 aliphatic carbocycles. The second-order valence-corrected chi connectivity index (χ2v) is 9.28. The normalized spacial score (nSPS) is 10.8. The fourth-order valence-electron chi connectivity index (χ4n) is 3.15. The average molecular weight is 512 g/mol. The topological polar surface area (TPSA) is 141 Å². The largest absolute Gasteiger partial charge is 0.514 e. The third kappa shape index (κ3) is 7.64. The Morgan fingerprint density at radius 3 is 2.36 bits per heavy atom. The second kappa shape index (κ2) is 12.5. The van der Waals surface area contributed by atoms with Gasteiger partial charge < -0.3 is 14.8 Å². The van der Waals surface area contributed by atoms with Crippen LogP contribution >= 0.6 is 0 Å². The van der Waals surface area contributed by atoms with E-state index in [1.54, 1.807) is 0 Å². The molecule has 188 valence electrons. The van der Waals surface area contributed by atoms with Gasteiger partial charge in [0.2, 0.25) is 5.88 Å². The van der Waals surface area contributed by atoms with E-state index in [0.29, 0.717) is 6.54 Å². The highest BCUT2D eigenvalue weighted by atomic mass is 32.2. The Labute approximate surface area is 208 Å². The van der Waals surface area contributed by atoms with Crippen LogP contribution in [0, 0.1) is 0 Å². The summed E-state index contributed by atoms with van der Waals surface area (Å²) in [6, 6.07) is 17.9. The predicted molar refractivity (Wildman–Crippen MR) is 130 cm³/mol. The number of hydrogen-bond acceptors (Lipinski definition) is 8. The summed E-state index contributed by atoms with van der Waals surface area (Å²) in [7, 11) is -3.14. The summed E-state index contributed by atoms with van der Waals surface area (Å²) in [5.74, 6) is -1.48. The first-order valence-electron chi connectivity index (χ1n) is 11.0. The van der Waals surface area contributed by atoms with Crippen molar-refractivity contribution in [3.05, 3.63) is 89.6 Å². The molecule has 0 unspecified atom stereocenters. The number of nitrogens with zero attached hydrogens (tertiary/aromatic N) is 1. The van der Waals surface area contributed by atoms with Crippen molar-refractivity contribution >= 4 is 28.0 Å². The highest BCUT2D eigenvalue weighted by Gasteiger charge is 2.20. The molecule has 2 amide bonds. The number of pyridine rings is 1. The van der Waals surface area contributed by atoms with Gasteiger partial charge in [0, 0.05) is 24.4 Å². The quantitative estimate of drug-likeness (QED) is 0.313. The van der Waals surface area contributed by atoms with E-state index in [-0.39, 0.29) is 21.9 Å². The summed E-state index contributed by atoms with van der Waals surface area (Å²) in [6.45, 7) is 0.446. The molecule has 0 bridgehead atoms. The summed E-state index contributed by atoms with van der Waals surface area (Å²) in [6.07, 6.45) is 2.63. The lowest BCUT2D eigenvalue weighted by Crippen LogP contribution is -2.31. The maximum atomic E-state index is 12.7. The number of ether oxygens (including phenoxy) is 2. The Bertz CT molecular complexity index is 1310. The lowest BCUT2D eigenvalue weighted by atomic mass is 10.1. The van der Waals surface area contributed by atoms with Crippen molar-refractivity contribution in [3.63, 3.8) is 0 Å². The van der Waals surface area contributed by atoms with Gasteiger partial charge in [-0.05, 0) is 49.1 Å². The van der Waals surface area contributed by atoms with E-state index in [2.05, 4.69) is 27.2 Å². The molecule has 36 heavy (non-hydrogen) atoms. The maximum Gasteiger partial charge on any atom is 0.514 e.